The summed E-state index contributed by atoms with van der Waals surface area (Å²) in [6, 6.07) is 0. The Morgan fingerprint density at radius 1 is 0.483 bits per heavy atom. The Kier molecular flexibility index (Phi) is 22.2. The van der Waals surface area contributed by atoms with Gasteiger partial charge in [0.1, 0.15) is 13.2 Å². The molecular weight excluding hydrogens is 376 g/mol. The summed E-state index contributed by atoms with van der Waals surface area (Å²) in [7, 11) is 0. The van der Waals surface area contributed by atoms with Crippen molar-refractivity contribution >= 4 is 11.9 Å². The highest BCUT2D eigenvalue weighted by Gasteiger charge is 2.03. The summed E-state index contributed by atoms with van der Waals surface area (Å²) < 4.78 is 26.3. The molecule has 0 saturated carbocycles. The Hall–Kier alpha value is -1.18. The van der Waals surface area contributed by atoms with E-state index in [-0.39, 0.29) is 25.2 Å². The van der Waals surface area contributed by atoms with Crippen molar-refractivity contribution in [3.8, 4) is 0 Å². The summed E-state index contributed by atoms with van der Waals surface area (Å²) >= 11 is 0. The molecule has 0 spiro atoms. The number of unbranched alkanes of at least 4 members (excludes halogenated alkanes) is 6. The number of hydrogen-bond donors (Lipinski definition) is 0. The molecule has 0 aliphatic rings. The molecule has 7 nitrogen and oxygen atoms in total. The van der Waals surface area contributed by atoms with Crippen molar-refractivity contribution in [2.75, 3.05) is 52.9 Å². The van der Waals surface area contributed by atoms with Crippen molar-refractivity contribution in [3.05, 3.63) is 0 Å². The number of carbonyl (C=O) groups is 2. The molecule has 0 saturated heterocycles. The summed E-state index contributed by atoms with van der Waals surface area (Å²) in [5, 5.41) is 0. The fraction of sp³-hybridized carbons (Fsp3) is 0.909. The van der Waals surface area contributed by atoms with Gasteiger partial charge >= 0.3 is 11.9 Å². The van der Waals surface area contributed by atoms with Gasteiger partial charge in [-0.3, -0.25) is 9.59 Å². The molecule has 0 amide bonds. The van der Waals surface area contributed by atoms with Crippen molar-refractivity contribution in [2.45, 2.75) is 78.1 Å². The topological polar surface area (TPSA) is 80.3 Å². The maximum atomic E-state index is 11.5. The third-order valence-electron chi connectivity index (χ3n) is 4.19. The Morgan fingerprint density at radius 2 is 0.828 bits per heavy atom. The third-order valence-corrected chi connectivity index (χ3v) is 4.19. The van der Waals surface area contributed by atoms with Crippen molar-refractivity contribution in [3.63, 3.8) is 0 Å². The molecule has 0 unspecified atom stereocenters. The van der Waals surface area contributed by atoms with E-state index in [2.05, 4.69) is 13.8 Å². The van der Waals surface area contributed by atoms with Gasteiger partial charge in [0.2, 0.25) is 0 Å². The molecule has 0 aromatic rings. The minimum atomic E-state index is -0.153. The molecule has 0 bridgehead atoms. The van der Waals surface area contributed by atoms with Crippen molar-refractivity contribution < 1.29 is 33.3 Å². The molecule has 29 heavy (non-hydrogen) atoms. The largest absolute Gasteiger partial charge is 0.463 e. The number of rotatable bonds is 22. The Bertz CT molecular complexity index is 340. The van der Waals surface area contributed by atoms with Gasteiger partial charge in [-0.2, -0.15) is 0 Å². The fourth-order valence-corrected chi connectivity index (χ4v) is 2.51. The molecule has 0 aliphatic carbocycles. The second-order valence-corrected chi connectivity index (χ2v) is 6.90. The third kappa shape index (κ3) is 23.0. The van der Waals surface area contributed by atoms with Crippen LogP contribution in [0.1, 0.15) is 78.1 Å². The zero-order chi connectivity index (χ0) is 21.4. The maximum absolute atomic E-state index is 11.5. The van der Waals surface area contributed by atoms with Crippen LogP contribution in [0, 0.1) is 0 Å². The normalized spacial score (nSPS) is 10.8. The summed E-state index contributed by atoms with van der Waals surface area (Å²) in [4.78, 5) is 22.9. The van der Waals surface area contributed by atoms with Crippen LogP contribution in [0.25, 0.3) is 0 Å². The molecular formula is C22H42O7. The Balaban J connectivity index is 3.18. The summed E-state index contributed by atoms with van der Waals surface area (Å²) in [6.45, 7) is 7.43. The molecule has 0 aromatic heterocycles. The van der Waals surface area contributed by atoms with Crippen LogP contribution < -0.4 is 0 Å². The molecule has 0 aromatic carbocycles. The lowest BCUT2D eigenvalue weighted by Gasteiger charge is -2.08. The van der Waals surface area contributed by atoms with Crippen LogP contribution in [0.15, 0.2) is 0 Å². The van der Waals surface area contributed by atoms with Gasteiger partial charge in [-0.1, -0.05) is 52.4 Å². The van der Waals surface area contributed by atoms with Gasteiger partial charge in [-0.05, 0) is 12.8 Å². The van der Waals surface area contributed by atoms with Gasteiger partial charge in [0.25, 0.3) is 0 Å². The lowest BCUT2D eigenvalue weighted by Crippen LogP contribution is -2.15. The van der Waals surface area contributed by atoms with Gasteiger partial charge in [0.05, 0.1) is 39.6 Å². The smallest absolute Gasteiger partial charge is 0.305 e. The van der Waals surface area contributed by atoms with E-state index in [0.29, 0.717) is 52.5 Å². The van der Waals surface area contributed by atoms with Crippen LogP contribution in [-0.4, -0.2) is 64.8 Å². The highest BCUT2D eigenvalue weighted by atomic mass is 16.6. The summed E-state index contributed by atoms with van der Waals surface area (Å²) in [5.74, 6) is -0.305. The van der Waals surface area contributed by atoms with Gasteiger partial charge < -0.3 is 23.7 Å². The first kappa shape index (κ1) is 27.8. The fourth-order valence-electron chi connectivity index (χ4n) is 2.51. The molecule has 0 aliphatic heterocycles. The second kappa shape index (κ2) is 23.1. The molecule has 0 radical (unpaired) electrons. The van der Waals surface area contributed by atoms with E-state index in [1.165, 1.54) is 0 Å². The maximum Gasteiger partial charge on any atom is 0.305 e. The highest BCUT2D eigenvalue weighted by molar-refractivity contribution is 5.69. The van der Waals surface area contributed by atoms with Crippen LogP contribution >= 0.6 is 0 Å². The number of ether oxygens (including phenoxy) is 5. The first-order valence-corrected chi connectivity index (χ1v) is 11.2. The zero-order valence-corrected chi connectivity index (χ0v) is 18.6. The van der Waals surface area contributed by atoms with Crippen molar-refractivity contribution in [1.29, 1.82) is 0 Å². The van der Waals surface area contributed by atoms with E-state index in [1.54, 1.807) is 0 Å². The zero-order valence-electron chi connectivity index (χ0n) is 18.6. The lowest BCUT2D eigenvalue weighted by molar-refractivity contribution is -0.146. The number of esters is 2. The standard InChI is InChI=1S/C22H42O7/c1-3-5-7-9-11-21(23)28-19-17-26-15-13-25-14-16-27-18-20-29-22(24)12-10-8-6-4-2/h3-20H2,1-2H3. The first-order valence-electron chi connectivity index (χ1n) is 11.2. The minimum absolute atomic E-state index is 0.153. The highest BCUT2D eigenvalue weighted by Crippen LogP contribution is 2.04. The monoisotopic (exact) mass is 418 g/mol. The summed E-state index contributed by atoms with van der Waals surface area (Å²) in [6.07, 6.45) is 9.55. The van der Waals surface area contributed by atoms with Crippen LogP contribution in [0.2, 0.25) is 0 Å². The van der Waals surface area contributed by atoms with E-state index in [4.69, 9.17) is 23.7 Å². The second-order valence-electron chi connectivity index (χ2n) is 6.90. The van der Waals surface area contributed by atoms with Gasteiger partial charge in [0, 0.05) is 12.8 Å². The van der Waals surface area contributed by atoms with E-state index < -0.39 is 0 Å². The van der Waals surface area contributed by atoms with E-state index in [0.717, 1.165) is 51.4 Å². The SMILES string of the molecule is CCCCCCC(=O)OCCOCCOCCOCCOC(=O)CCCCCC. The summed E-state index contributed by atoms with van der Waals surface area (Å²) in [5.41, 5.74) is 0. The minimum Gasteiger partial charge on any atom is -0.463 e. The van der Waals surface area contributed by atoms with Crippen molar-refractivity contribution in [2.24, 2.45) is 0 Å². The quantitative estimate of drug-likeness (QED) is 0.194. The first-order chi connectivity index (χ1) is 14.2. The predicted octanol–water partition coefficient (Wildman–Crippen LogP) is 4.06. The van der Waals surface area contributed by atoms with E-state index >= 15 is 0 Å². The molecule has 0 rings (SSSR count). The van der Waals surface area contributed by atoms with E-state index in [9.17, 15) is 9.59 Å². The molecule has 0 heterocycles. The van der Waals surface area contributed by atoms with Crippen LogP contribution in [0.3, 0.4) is 0 Å². The van der Waals surface area contributed by atoms with E-state index in [1.807, 2.05) is 0 Å². The van der Waals surface area contributed by atoms with Crippen LogP contribution in [0.5, 0.6) is 0 Å². The predicted molar refractivity (Wildman–Crippen MR) is 112 cm³/mol. The molecule has 0 fully saturated rings. The van der Waals surface area contributed by atoms with Crippen LogP contribution in [0.4, 0.5) is 0 Å². The number of carbonyl (C=O) groups excluding carboxylic acids is 2. The average molecular weight is 419 g/mol. The van der Waals surface area contributed by atoms with Gasteiger partial charge in [-0.25, -0.2) is 0 Å². The van der Waals surface area contributed by atoms with Gasteiger partial charge in [0.15, 0.2) is 0 Å². The van der Waals surface area contributed by atoms with Gasteiger partial charge in [-0.15, -0.1) is 0 Å². The molecule has 7 heteroatoms. The Labute approximate surface area is 176 Å². The molecule has 172 valence electrons. The lowest BCUT2D eigenvalue weighted by atomic mass is 10.2. The van der Waals surface area contributed by atoms with Crippen molar-refractivity contribution in [1.82, 2.24) is 0 Å². The van der Waals surface area contributed by atoms with Crippen LogP contribution in [-0.2, 0) is 33.3 Å². The molecule has 0 N–H and O–H groups in total. The number of hydrogen-bond acceptors (Lipinski definition) is 7. The Morgan fingerprint density at radius 3 is 1.17 bits per heavy atom. The molecule has 0 atom stereocenters. The average Bonchev–Trinajstić information content (AvgIpc) is 2.72.